The molecule has 5 nitrogen and oxygen atoms in total. The van der Waals surface area contributed by atoms with Crippen LogP contribution in [0.2, 0.25) is 0 Å². The maximum atomic E-state index is 11.7. The SMILES string of the molecule is COCCNCCCNC(=O)OC1CC/C=C/CCC1. The summed E-state index contributed by atoms with van der Waals surface area (Å²) in [5, 5.41) is 6.04. The Hall–Kier alpha value is -1.07. The standard InChI is InChI=1S/C15H28N2O3/c1-19-13-12-16-10-7-11-17-15(18)20-14-8-5-3-2-4-6-9-14/h2-3,14,16H,4-13H2,1H3,(H,17,18)/b3-2+. The molecule has 20 heavy (non-hydrogen) atoms. The van der Waals surface area contributed by atoms with Crippen molar-refractivity contribution >= 4 is 6.09 Å². The molecule has 1 unspecified atom stereocenters. The summed E-state index contributed by atoms with van der Waals surface area (Å²) in [6.45, 7) is 3.07. The van der Waals surface area contributed by atoms with Gasteiger partial charge in [0.05, 0.1) is 6.61 Å². The summed E-state index contributed by atoms with van der Waals surface area (Å²) in [7, 11) is 1.69. The second-order valence-corrected chi connectivity index (χ2v) is 5.03. The van der Waals surface area contributed by atoms with Crippen molar-refractivity contribution in [3.8, 4) is 0 Å². The molecule has 0 heterocycles. The zero-order valence-corrected chi connectivity index (χ0v) is 12.5. The average molecular weight is 284 g/mol. The second-order valence-electron chi connectivity index (χ2n) is 5.03. The van der Waals surface area contributed by atoms with Crippen molar-refractivity contribution in [2.24, 2.45) is 0 Å². The van der Waals surface area contributed by atoms with E-state index in [2.05, 4.69) is 22.8 Å². The van der Waals surface area contributed by atoms with Crippen molar-refractivity contribution in [3.63, 3.8) is 0 Å². The number of alkyl carbamates (subject to hydrolysis) is 1. The molecule has 1 aliphatic carbocycles. The molecular weight excluding hydrogens is 256 g/mol. The average Bonchev–Trinajstić information content (AvgIpc) is 2.41. The van der Waals surface area contributed by atoms with Crippen LogP contribution in [-0.4, -0.2) is 45.5 Å². The van der Waals surface area contributed by atoms with Crippen molar-refractivity contribution in [3.05, 3.63) is 12.2 Å². The van der Waals surface area contributed by atoms with Crippen LogP contribution < -0.4 is 10.6 Å². The highest BCUT2D eigenvalue weighted by atomic mass is 16.6. The van der Waals surface area contributed by atoms with Crippen LogP contribution in [0, 0.1) is 0 Å². The molecule has 0 saturated heterocycles. The van der Waals surface area contributed by atoms with E-state index in [0.29, 0.717) is 13.2 Å². The Kier molecular flexibility index (Phi) is 9.96. The zero-order valence-electron chi connectivity index (χ0n) is 12.5. The van der Waals surface area contributed by atoms with Crippen LogP contribution in [0.25, 0.3) is 0 Å². The summed E-state index contributed by atoms with van der Waals surface area (Å²) in [5.41, 5.74) is 0. The molecule has 0 aromatic rings. The van der Waals surface area contributed by atoms with Crippen LogP contribution in [0.3, 0.4) is 0 Å². The van der Waals surface area contributed by atoms with Gasteiger partial charge in [0.2, 0.25) is 0 Å². The Bertz CT molecular complexity index is 282. The minimum absolute atomic E-state index is 0.0692. The normalized spacial score (nSPS) is 20.8. The predicted octanol–water partition coefficient (Wildman–Crippen LogP) is 2.23. The Labute approximate surface area is 122 Å². The van der Waals surface area contributed by atoms with Crippen LogP contribution in [0.5, 0.6) is 0 Å². The minimum atomic E-state index is -0.281. The van der Waals surface area contributed by atoms with Crippen molar-refractivity contribution in [2.45, 2.75) is 44.6 Å². The minimum Gasteiger partial charge on any atom is -0.446 e. The van der Waals surface area contributed by atoms with E-state index < -0.39 is 0 Å². The topological polar surface area (TPSA) is 59.6 Å². The van der Waals surface area contributed by atoms with E-state index in [1.165, 1.54) is 0 Å². The molecule has 1 aliphatic rings. The molecule has 1 atom stereocenters. The summed E-state index contributed by atoms with van der Waals surface area (Å²) in [4.78, 5) is 11.7. The fourth-order valence-electron chi connectivity index (χ4n) is 2.14. The first-order chi connectivity index (χ1) is 9.83. The summed E-state index contributed by atoms with van der Waals surface area (Å²) in [6.07, 6.45) is 10.2. The Balaban J connectivity index is 2.00. The highest BCUT2D eigenvalue weighted by Crippen LogP contribution is 2.15. The summed E-state index contributed by atoms with van der Waals surface area (Å²) >= 11 is 0. The van der Waals surface area contributed by atoms with Gasteiger partial charge in [0, 0.05) is 20.2 Å². The number of ether oxygens (including phenoxy) is 2. The first-order valence-corrected chi connectivity index (χ1v) is 7.62. The number of carbonyl (C=O) groups excluding carboxylic acids is 1. The van der Waals surface area contributed by atoms with Crippen molar-refractivity contribution in [2.75, 3.05) is 33.4 Å². The summed E-state index contributed by atoms with van der Waals surface area (Å²) < 4.78 is 10.4. The quantitative estimate of drug-likeness (QED) is 0.530. The zero-order chi connectivity index (χ0) is 14.5. The van der Waals surface area contributed by atoms with Crippen LogP contribution in [0.1, 0.15) is 38.5 Å². The molecule has 0 aromatic carbocycles. The monoisotopic (exact) mass is 284 g/mol. The summed E-state index contributed by atoms with van der Waals surface area (Å²) in [6, 6.07) is 0. The Morgan fingerprint density at radius 3 is 2.90 bits per heavy atom. The predicted molar refractivity (Wildman–Crippen MR) is 79.9 cm³/mol. The van der Waals surface area contributed by atoms with Gasteiger partial charge >= 0.3 is 6.09 Å². The maximum absolute atomic E-state index is 11.7. The van der Waals surface area contributed by atoms with Gasteiger partial charge in [0.1, 0.15) is 6.10 Å². The van der Waals surface area contributed by atoms with Crippen LogP contribution >= 0.6 is 0 Å². The number of hydrogen-bond donors (Lipinski definition) is 2. The fourth-order valence-corrected chi connectivity index (χ4v) is 2.14. The summed E-state index contributed by atoms with van der Waals surface area (Å²) in [5.74, 6) is 0. The van der Waals surface area contributed by atoms with Crippen molar-refractivity contribution in [1.82, 2.24) is 10.6 Å². The molecule has 0 radical (unpaired) electrons. The van der Waals surface area contributed by atoms with Gasteiger partial charge in [-0.1, -0.05) is 12.2 Å². The van der Waals surface area contributed by atoms with Gasteiger partial charge < -0.3 is 20.1 Å². The number of amides is 1. The van der Waals surface area contributed by atoms with E-state index in [9.17, 15) is 4.79 Å². The number of carbonyl (C=O) groups is 1. The molecular formula is C15H28N2O3. The number of nitrogens with one attached hydrogen (secondary N) is 2. The largest absolute Gasteiger partial charge is 0.446 e. The Morgan fingerprint density at radius 1 is 1.20 bits per heavy atom. The van der Waals surface area contributed by atoms with Crippen LogP contribution in [0.4, 0.5) is 4.79 Å². The first kappa shape index (κ1) is 17.0. The van der Waals surface area contributed by atoms with Gasteiger partial charge in [-0.15, -0.1) is 0 Å². The Morgan fingerprint density at radius 2 is 2.05 bits per heavy atom. The fraction of sp³-hybridized carbons (Fsp3) is 0.800. The number of allylic oxidation sites excluding steroid dienone is 2. The van der Waals surface area contributed by atoms with Gasteiger partial charge in [0.15, 0.2) is 0 Å². The van der Waals surface area contributed by atoms with E-state index in [0.717, 1.165) is 51.6 Å². The van der Waals surface area contributed by atoms with E-state index in [-0.39, 0.29) is 12.2 Å². The molecule has 2 N–H and O–H groups in total. The molecule has 0 fully saturated rings. The molecule has 5 heteroatoms. The van der Waals surface area contributed by atoms with E-state index in [4.69, 9.17) is 9.47 Å². The van der Waals surface area contributed by atoms with E-state index in [1.807, 2.05) is 0 Å². The van der Waals surface area contributed by atoms with Crippen LogP contribution in [-0.2, 0) is 9.47 Å². The molecule has 0 bridgehead atoms. The van der Waals surface area contributed by atoms with Gasteiger partial charge in [-0.05, 0) is 45.1 Å². The molecule has 0 spiro atoms. The molecule has 0 aromatic heterocycles. The third-order valence-electron chi connectivity index (χ3n) is 3.28. The highest BCUT2D eigenvalue weighted by Gasteiger charge is 2.13. The van der Waals surface area contributed by atoms with Gasteiger partial charge in [-0.2, -0.15) is 0 Å². The number of rotatable bonds is 8. The van der Waals surface area contributed by atoms with E-state index in [1.54, 1.807) is 7.11 Å². The second kappa shape index (κ2) is 11.7. The molecule has 1 rings (SSSR count). The molecule has 0 aliphatic heterocycles. The smallest absolute Gasteiger partial charge is 0.407 e. The lowest BCUT2D eigenvalue weighted by molar-refractivity contribution is 0.0864. The third kappa shape index (κ3) is 8.93. The van der Waals surface area contributed by atoms with Gasteiger partial charge in [0.25, 0.3) is 0 Å². The number of hydrogen-bond acceptors (Lipinski definition) is 4. The molecule has 116 valence electrons. The molecule has 0 saturated carbocycles. The van der Waals surface area contributed by atoms with Gasteiger partial charge in [-0.25, -0.2) is 4.79 Å². The highest BCUT2D eigenvalue weighted by molar-refractivity contribution is 5.67. The van der Waals surface area contributed by atoms with Crippen LogP contribution in [0.15, 0.2) is 12.2 Å². The third-order valence-corrected chi connectivity index (χ3v) is 3.28. The van der Waals surface area contributed by atoms with E-state index >= 15 is 0 Å². The lowest BCUT2D eigenvalue weighted by Crippen LogP contribution is -2.31. The van der Waals surface area contributed by atoms with Gasteiger partial charge in [-0.3, -0.25) is 0 Å². The first-order valence-electron chi connectivity index (χ1n) is 7.62. The number of methoxy groups -OCH3 is 1. The lowest BCUT2D eigenvalue weighted by Gasteiger charge is -2.18. The van der Waals surface area contributed by atoms with Crippen molar-refractivity contribution < 1.29 is 14.3 Å². The maximum Gasteiger partial charge on any atom is 0.407 e. The molecule has 1 amide bonds. The lowest BCUT2D eigenvalue weighted by atomic mass is 10.0. The van der Waals surface area contributed by atoms with Crippen molar-refractivity contribution in [1.29, 1.82) is 0 Å².